The molecule has 1 aromatic heterocycles. The van der Waals surface area contributed by atoms with Crippen LogP contribution in [0.4, 0.5) is 0 Å². The van der Waals surface area contributed by atoms with E-state index in [1.807, 2.05) is 24.4 Å². The number of rotatable bonds is 3. The molecular weight excluding hydrogens is 232 g/mol. The Hall–Kier alpha value is -2.06. The van der Waals surface area contributed by atoms with Gasteiger partial charge in [0.2, 0.25) is 0 Å². The Labute approximate surface area is 113 Å². The Morgan fingerprint density at radius 1 is 1.05 bits per heavy atom. The average Bonchev–Trinajstić information content (AvgIpc) is 2.87. The van der Waals surface area contributed by atoms with Crippen LogP contribution in [0.5, 0.6) is 0 Å². The van der Waals surface area contributed by atoms with Crippen LogP contribution in [0.3, 0.4) is 0 Å². The molecule has 1 atom stereocenters. The van der Waals surface area contributed by atoms with Crippen molar-refractivity contribution >= 4 is 10.9 Å². The van der Waals surface area contributed by atoms with Crippen LogP contribution >= 0.6 is 0 Å². The highest BCUT2D eigenvalue weighted by molar-refractivity contribution is 5.79. The molecular formula is C17H18N2. The summed E-state index contributed by atoms with van der Waals surface area (Å²) >= 11 is 0. The number of fused-ring (bicyclic) bond motifs is 1. The smallest absolute Gasteiger partial charge is 0.0454 e. The van der Waals surface area contributed by atoms with Gasteiger partial charge in [-0.05, 0) is 48.1 Å². The maximum Gasteiger partial charge on any atom is 0.0454 e. The fourth-order valence-electron chi connectivity index (χ4n) is 2.56. The molecule has 3 aromatic rings. The maximum absolute atomic E-state index is 6.48. The molecule has 0 bridgehead atoms. The first-order valence-corrected chi connectivity index (χ1v) is 6.56. The van der Waals surface area contributed by atoms with Crippen LogP contribution in [0, 0.1) is 0 Å². The second kappa shape index (κ2) is 4.56. The monoisotopic (exact) mass is 250 g/mol. The molecule has 0 aliphatic heterocycles. The summed E-state index contributed by atoms with van der Waals surface area (Å²) in [5.41, 5.74) is 9.74. The molecule has 0 saturated carbocycles. The molecule has 96 valence electrons. The molecule has 3 rings (SSSR count). The van der Waals surface area contributed by atoms with Gasteiger partial charge in [0, 0.05) is 17.3 Å². The highest BCUT2D eigenvalue weighted by Crippen LogP contribution is 2.24. The van der Waals surface area contributed by atoms with Crippen LogP contribution in [0.2, 0.25) is 0 Å². The van der Waals surface area contributed by atoms with Gasteiger partial charge in [-0.2, -0.15) is 0 Å². The highest BCUT2D eigenvalue weighted by atomic mass is 14.7. The zero-order chi connectivity index (χ0) is 13.3. The van der Waals surface area contributed by atoms with Gasteiger partial charge in [-0.15, -0.1) is 0 Å². The number of aromatic amines is 1. The first kappa shape index (κ1) is 12.0. The summed E-state index contributed by atoms with van der Waals surface area (Å²) in [5.74, 6) is 0. The highest BCUT2D eigenvalue weighted by Gasteiger charge is 2.21. The molecule has 1 heterocycles. The van der Waals surface area contributed by atoms with Crippen LogP contribution in [-0.2, 0) is 12.0 Å². The van der Waals surface area contributed by atoms with E-state index < -0.39 is 0 Å². The van der Waals surface area contributed by atoms with Crippen LogP contribution in [0.25, 0.3) is 10.9 Å². The Bertz CT molecular complexity index is 681. The maximum atomic E-state index is 6.48. The van der Waals surface area contributed by atoms with E-state index in [0.29, 0.717) is 0 Å². The van der Waals surface area contributed by atoms with Crippen molar-refractivity contribution in [1.82, 2.24) is 4.98 Å². The fourth-order valence-corrected chi connectivity index (χ4v) is 2.56. The molecule has 2 aromatic carbocycles. The molecule has 0 spiro atoms. The third-order valence-corrected chi connectivity index (χ3v) is 3.62. The molecule has 0 saturated heterocycles. The van der Waals surface area contributed by atoms with Crippen molar-refractivity contribution in [3.05, 3.63) is 71.9 Å². The lowest BCUT2D eigenvalue weighted by molar-refractivity contribution is 0.491. The summed E-state index contributed by atoms with van der Waals surface area (Å²) in [6, 6.07) is 18.8. The zero-order valence-corrected chi connectivity index (χ0v) is 11.1. The van der Waals surface area contributed by atoms with Gasteiger partial charge < -0.3 is 10.7 Å². The molecule has 0 aliphatic rings. The first-order chi connectivity index (χ1) is 9.15. The Balaban J connectivity index is 1.91. The number of aromatic nitrogens is 1. The normalized spacial score (nSPS) is 14.4. The lowest BCUT2D eigenvalue weighted by Crippen LogP contribution is -2.35. The van der Waals surface area contributed by atoms with Crippen molar-refractivity contribution < 1.29 is 0 Å². The summed E-state index contributed by atoms with van der Waals surface area (Å²) in [6.07, 6.45) is 2.80. The van der Waals surface area contributed by atoms with Crippen LogP contribution in [0.1, 0.15) is 18.1 Å². The number of hydrogen-bond acceptors (Lipinski definition) is 1. The number of hydrogen-bond donors (Lipinski definition) is 2. The van der Waals surface area contributed by atoms with Crippen molar-refractivity contribution in [2.75, 3.05) is 0 Å². The molecule has 0 fully saturated rings. The molecule has 0 aliphatic carbocycles. The predicted molar refractivity (Wildman–Crippen MR) is 80.0 cm³/mol. The topological polar surface area (TPSA) is 41.8 Å². The molecule has 3 N–H and O–H groups in total. The molecule has 2 nitrogen and oxygen atoms in total. The van der Waals surface area contributed by atoms with Gasteiger partial charge >= 0.3 is 0 Å². The van der Waals surface area contributed by atoms with Gasteiger partial charge in [0.25, 0.3) is 0 Å². The number of nitrogens with two attached hydrogens (primary N) is 1. The lowest BCUT2D eigenvalue weighted by Gasteiger charge is -2.25. The molecule has 1 unspecified atom stereocenters. The second-order valence-corrected chi connectivity index (χ2v) is 5.36. The largest absolute Gasteiger partial charge is 0.361 e. The van der Waals surface area contributed by atoms with Crippen LogP contribution in [0.15, 0.2) is 60.8 Å². The van der Waals surface area contributed by atoms with Gasteiger partial charge in [0.1, 0.15) is 0 Å². The van der Waals surface area contributed by atoms with Gasteiger partial charge in [0.15, 0.2) is 0 Å². The number of nitrogens with one attached hydrogen (secondary N) is 1. The van der Waals surface area contributed by atoms with Crippen molar-refractivity contribution in [2.24, 2.45) is 5.73 Å². The predicted octanol–water partition coefficient (Wildman–Crippen LogP) is 3.58. The average molecular weight is 250 g/mol. The van der Waals surface area contributed by atoms with E-state index in [1.165, 1.54) is 22.0 Å². The third kappa shape index (κ3) is 2.40. The van der Waals surface area contributed by atoms with E-state index in [-0.39, 0.29) is 5.54 Å². The SMILES string of the molecule is CC(N)(Cc1ccc2[nH]ccc2c1)c1ccccc1. The first-order valence-electron chi connectivity index (χ1n) is 6.56. The minimum Gasteiger partial charge on any atom is -0.361 e. The summed E-state index contributed by atoms with van der Waals surface area (Å²) in [4.78, 5) is 3.21. The lowest BCUT2D eigenvalue weighted by atomic mass is 9.86. The van der Waals surface area contributed by atoms with E-state index in [9.17, 15) is 0 Å². The number of H-pyrrole nitrogens is 1. The Morgan fingerprint density at radius 3 is 2.63 bits per heavy atom. The molecule has 2 heteroatoms. The molecule has 0 amide bonds. The summed E-state index contributed by atoms with van der Waals surface area (Å²) in [6.45, 7) is 2.09. The Morgan fingerprint density at radius 2 is 1.84 bits per heavy atom. The number of benzene rings is 2. The standard InChI is InChI=1S/C17H18N2/c1-17(18,15-5-3-2-4-6-15)12-13-7-8-16-14(11-13)9-10-19-16/h2-11,19H,12,18H2,1H3. The molecule has 19 heavy (non-hydrogen) atoms. The van der Waals surface area contributed by atoms with E-state index in [1.54, 1.807) is 0 Å². The van der Waals surface area contributed by atoms with Gasteiger partial charge in [-0.3, -0.25) is 0 Å². The van der Waals surface area contributed by atoms with E-state index >= 15 is 0 Å². The van der Waals surface area contributed by atoms with E-state index in [0.717, 1.165) is 6.42 Å². The van der Waals surface area contributed by atoms with E-state index in [4.69, 9.17) is 5.73 Å². The summed E-state index contributed by atoms with van der Waals surface area (Å²) in [7, 11) is 0. The van der Waals surface area contributed by atoms with Crippen LogP contribution < -0.4 is 5.73 Å². The van der Waals surface area contributed by atoms with Gasteiger partial charge in [-0.1, -0.05) is 36.4 Å². The van der Waals surface area contributed by atoms with Gasteiger partial charge in [-0.25, -0.2) is 0 Å². The van der Waals surface area contributed by atoms with Crippen molar-refractivity contribution in [3.63, 3.8) is 0 Å². The fraction of sp³-hybridized carbons (Fsp3) is 0.176. The summed E-state index contributed by atoms with van der Waals surface area (Å²) < 4.78 is 0. The summed E-state index contributed by atoms with van der Waals surface area (Å²) in [5, 5.41) is 1.24. The van der Waals surface area contributed by atoms with Crippen LogP contribution in [-0.4, -0.2) is 4.98 Å². The molecule has 0 radical (unpaired) electrons. The zero-order valence-electron chi connectivity index (χ0n) is 11.1. The van der Waals surface area contributed by atoms with Crippen molar-refractivity contribution in [3.8, 4) is 0 Å². The van der Waals surface area contributed by atoms with Gasteiger partial charge in [0.05, 0.1) is 0 Å². The third-order valence-electron chi connectivity index (χ3n) is 3.62. The van der Waals surface area contributed by atoms with E-state index in [2.05, 4.69) is 48.3 Å². The minimum atomic E-state index is -0.342. The Kier molecular flexibility index (Phi) is 2.88. The van der Waals surface area contributed by atoms with Crippen molar-refractivity contribution in [1.29, 1.82) is 0 Å². The quantitative estimate of drug-likeness (QED) is 0.733. The van der Waals surface area contributed by atoms with Crippen molar-refractivity contribution in [2.45, 2.75) is 18.9 Å². The second-order valence-electron chi connectivity index (χ2n) is 5.36. The minimum absolute atomic E-state index is 0.342.